The van der Waals surface area contributed by atoms with Gasteiger partial charge in [-0.3, -0.25) is 9.10 Å². The summed E-state index contributed by atoms with van der Waals surface area (Å²) in [5.41, 5.74) is 1.22. The smallest absolute Gasteiger partial charge is 0.255 e. The summed E-state index contributed by atoms with van der Waals surface area (Å²) < 4.78 is 24.7. The van der Waals surface area contributed by atoms with Gasteiger partial charge in [-0.25, -0.2) is 8.42 Å². The molecule has 0 spiro atoms. The molecule has 0 bridgehead atoms. The Kier molecular flexibility index (Phi) is 6.52. The first-order valence-electron chi connectivity index (χ1n) is 8.62. The maximum absolute atomic E-state index is 12.8. The number of sulfonamides is 1. The lowest BCUT2D eigenvalue weighted by Crippen LogP contribution is -2.25. The largest absolute Gasteiger partial charge is 0.321 e. The highest BCUT2D eigenvalue weighted by Crippen LogP contribution is 2.34. The first kappa shape index (κ1) is 21.2. The molecule has 150 valence electrons. The van der Waals surface area contributed by atoms with E-state index >= 15 is 0 Å². The number of anilines is 2. The minimum Gasteiger partial charge on any atom is -0.321 e. The number of carbonyl (C=O) groups is 1. The molecule has 1 amide bonds. The zero-order chi connectivity index (χ0) is 21.0. The predicted molar refractivity (Wildman–Crippen MR) is 120 cm³/mol. The minimum absolute atomic E-state index is 0.244. The van der Waals surface area contributed by atoms with E-state index in [9.17, 15) is 13.2 Å². The lowest BCUT2D eigenvalue weighted by molar-refractivity contribution is 0.102. The molecule has 0 atom stereocenters. The molecule has 0 aliphatic heterocycles. The fourth-order valence-electron chi connectivity index (χ4n) is 2.54. The molecule has 8 heteroatoms. The van der Waals surface area contributed by atoms with E-state index in [0.717, 1.165) is 20.4 Å². The number of halogens is 1. The summed E-state index contributed by atoms with van der Waals surface area (Å²) in [6.45, 7) is 0. The van der Waals surface area contributed by atoms with Gasteiger partial charge in [0.1, 0.15) is 0 Å². The summed E-state index contributed by atoms with van der Waals surface area (Å²) in [5, 5.41) is 3.15. The molecule has 29 heavy (non-hydrogen) atoms. The molecule has 0 aliphatic rings. The van der Waals surface area contributed by atoms with Gasteiger partial charge in [-0.05, 0) is 42.5 Å². The number of rotatable bonds is 6. The highest BCUT2D eigenvalue weighted by Gasteiger charge is 2.18. The molecule has 0 aliphatic carbocycles. The fraction of sp³-hybridized carbons (Fsp3) is 0.0952. The minimum atomic E-state index is -3.51. The number of benzene rings is 3. The Hall–Kier alpha value is -2.48. The van der Waals surface area contributed by atoms with Crippen LogP contribution in [0.5, 0.6) is 0 Å². The maximum Gasteiger partial charge on any atom is 0.255 e. The second kappa shape index (κ2) is 8.90. The van der Waals surface area contributed by atoms with E-state index in [-0.39, 0.29) is 16.6 Å². The summed E-state index contributed by atoms with van der Waals surface area (Å²) in [6, 6.07) is 21.9. The molecular weight excluding hydrogens is 428 g/mol. The van der Waals surface area contributed by atoms with Crippen molar-refractivity contribution in [2.75, 3.05) is 22.9 Å². The van der Waals surface area contributed by atoms with Crippen LogP contribution in [0.4, 0.5) is 11.4 Å². The van der Waals surface area contributed by atoms with E-state index in [4.69, 9.17) is 11.6 Å². The lowest BCUT2D eigenvalue weighted by atomic mass is 10.2. The molecule has 3 aromatic carbocycles. The number of hydrogen-bond acceptors (Lipinski definition) is 4. The zero-order valence-corrected chi connectivity index (χ0v) is 18.2. The molecule has 0 radical (unpaired) electrons. The van der Waals surface area contributed by atoms with Crippen molar-refractivity contribution in [3.8, 4) is 0 Å². The van der Waals surface area contributed by atoms with Crippen molar-refractivity contribution in [2.45, 2.75) is 9.79 Å². The van der Waals surface area contributed by atoms with E-state index in [1.54, 1.807) is 17.8 Å². The Bertz CT molecular complexity index is 1140. The molecule has 0 saturated heterocycles. The Morgan fingerprint density at radius 3 is 2.34 bits per heavy atom. The SMILES string of the molecule is CN(c1cc(C(=O)Nc2ccccc2Sc2ccccc2)ccc1Cl)S(C)(=O)=O. The van der Waals surface area contributed by atoms with Crippen LogP contribution in [0.15, 0.2) is 82.6 Å². The topological polar surface area (TPSA) is 66.5 Å². The molecule has 5 nitrogen and oxygen atoms in total. The first-order valence-corrected chi connectivity index (χ1v) is 11.7. The van der Waals surface area contributed by atoms with E-state index in [1.807, 2.05) is 54.6 Å². The van der Waals surface area contributed by atoms with Crippen molar-refractivity contribution >= 4 is 50.7 Å². The zero-order valence-electron chi connectivity index (χ0n) is 15.8. The monoisotopic (exact) mass is 446 g/mol. The van der Waals surface area contributed by atoms with Crippen molar-refractivity contribution in [2.24, 2.45) is 0 Å². The van der Waals surface area contributed by atoms with E-state index in [1.165, 1.54) is 19.2 Å². The molecule has 0 fully saturated rings. The van der Waals surface area contributed by atoms with Crippen molar-refractivity contribution in [3.63, 3.8) is 0 Å². The highest BCUT2D eigenvalue weighted by atomic mass is 35.5. The predicted octanol–water partition coefficient (Wildman–Crippen LogP) is 5.14. The first-order chi connectivity index (χ1) is 13.8. The average molecular weight is 447 g/mol. The third-order valence-electron chi connectivity index (χ3n) is 4.15. The van der Waals surface area contributed by atoms with Crippen molar-refractivity contribution in [1.29, 1.82) is 0 Å². The van der Waals surface area contributed by atoms with Gasteiger partial charge < -0.3 is 5.32 Å². The van der Waals surface area contributed by atoms with Gasteiger partial charge >= 0.3 is 0 Å². The van der Waals surface area contributed by atoms with Gasteiger partial charge in [-0.1, -0.05) is 53.7 Å². The van der Waals surface area contributed by atoms with E-state index in [0.29, 0.717) is 11.3 Å². The Morgan fingerprint density at radius 1 is 1.00 bits per heavy atom. The van der Waals surface area contributed by atoms with Crippen molar-refractivity contribution in [1.82, 2.24) is 0 Å². The molecular formula is C21H19ClN2O3S2. The van der Waals surface area contributed by atoms with Gasteiger partial charge in [-0.15, -0.1) is 0 Å². The Balaban J connectivity index is 1.86. The molecule has 1 N–H and O–H groups in total. The second-order valence-corrected chi connectivity index (χ2v) is 9.80. The van der Waals surface area contributed by atoms with Crippen LogP contribution in [0, 0.1) is 0 Å². The van der Waals surface area contributed by atoms with Crippen LogP contribution < -0.4 is 9.62 Å². The van der Waals surface area contributed by atoms with Crippen LogP contribution in [0.3, 0.4) is 0 Å². The standard InChI is InChI=1S/C21H19ClN2O3S2/c1-24(29(2,26)27)19-14-15(12-13-17(19)22)21(25)23-18-10-6-7-11-20(18)28-16-8-4-3-5-9-16/h3-14H,1-2H3,(H,23,25). The Labute approximate surface area is 179 Å². The normalized spacial score (nSPS) is 11.1. The van der Waals surface area contributed by atoms with Gasteiger partial charge in [0, 0.05) is 22.4 Å². The van der Waals surface area contributed by atoms with Gasteiger partial charge in [0.25, 0.3) is 5.91 Å². The summed E-state index contributed by atoms with van der Waals surface area (Å²) >= 11 is 7.68. The second-order valence-electron chi connectivity index (χ2n) is 6.26. The molecule has 0 heterocycles. The van der Waals surface area contributed by atoms with Gasteiger partial charge in [0.15, 0.2) is 0 Å². The molecule has 0 unspecified atom stereocenters. The maximum atomic E-state index is 12.8. The molecule has 0 aromatic heterocycles. The Morgan fingerprint density at radius 2 is 1.66 bits per heavy atom. The molecule has 3 rings (SSSR count). The number of amides is 1. The van der Waals surface area contributed by atoms with E-state index in [2.05, 4.69) is 5.32 Å². The fourth-order valence-corrected chi connectivity index (χ4v) is 4.27. The quantitative estimate of drug-likeness (QED) is 0.569. The van der Waals surface area contributed by atoms with E-state index < -0.39 is 10.0 Å². The summed E-state index contributed by atoms with van der Waals surface area (Å²) in [6.07, 6.45) is 1.08. The summed E-state index contributed by atoms with van der Waals surface area (Å²) in [7, 11) is -2.11. The molecule has 3 aromatic rings. The number of para-hydroxylation sites is 1. The number of nitrogens with one attached hydrogen (secondary N) is 1. The van der Waals surface area contributed by atoms with Gasteiger partial charge in [0.05, 0.1) is 22.7 Å². The van der Waals surface area contributed by atoms with Gasteiger partial charge in [0.2, 0.25) is 10.0 Å². The third-order valence-corrected chi connectivity index (χ3v) is 6.75. The number of nitrogens with zero attached hydrogens (tertiary/aromatic N) is 1. The number of carbonyl (C=O) groups excluding carboxylic acids is 1. The van der Waals surface area contributed by atoms with Crippen LogP contribution in [0.25, 0.3) is 0 Å². The van der Waals surface area contributed by atoms with Crippen molar-refractivity contribution < 1.29 is 13.2 Å². The average Bonchev–Trinajstić information content (AvgIpc) is 2.69. The van der Waals surface area contributed by atoms with Crippen LogP contribution >= 0.6 is 23.4 Å². The highest BCUT2D eigenvalue weighted by molar-refractivity contribution is 7.99. The summed E-state index contributed by atoms with van der Waals surface area (Å²) in [4.78, 5) is 14.8. The lowest BCUT2D eigenvalue weighted by Gasteiger charge is -2.19. The van der Waals surface area contributed by atoms with Crippen LogP contribution in [0.1, 0.15) is 10.4 Å². The molecule has 0 saturated carbocycles. The third kappa shape index (κ3) is 5.32. The van der Waals surface area contributed by atoms with Crippen LogP contribution in [-0.4, -0.2) is 27.6 Å². The number of hydrogen-bond donors (Lipinski definition) is 1. The summed E-state index contributed by atoms with van der Waals surface area (Å²) in [5.74, 6) is -0.356. The van der Waals surface area contributed by atoms with Gasteiger partial charge in [-0.2, -0.15) is 0 Å². The van der Waals surface area contributed by atoms with Crippen LogP contribution in [-0.2, 0) is 10.0 Å². The van der Waals surface area contributed by atoms with Crippen molar-refractivity contribution in [3.05, 3.63) is 83.4 Å². The van der Waals surface area contributed by atoms with Crippen LogP contribution in [0.2, 0.25) is 5.02 Å².